The Bertz CT molecular complexity index is 388. The van der Waals surface area contributed by atoms with Crippen LogP contribution < -0.4 is 0 Å². The number of hydrogen-bond donors (Lipinski definition) is 0. The predicted octanol–water partition coefficient (Wildman–Crippen LogP) is 3.69. The van der Waals surface area contributed by atoms with E-state index in [1.807, 2.05) is 13.8 Å². The van der Waals surface area contributed by atoms with Crippen LogP contribution in [0.15, 0.2) is 6.20 Å². The van der Waals surface area contributed by atoms with Crippen molar-refractivity contribution in [3.05, 3.63) is 16.9 Å². The van der Waals surface area contributed by atoms with Crippen molar-refractivity contribution < 1.29 is 4.79 Å². The summed E-state index contributed by atoms with van der Waals surface area (Å²) in [5.41, 5.74) is 0.540. The van der Waals surface area contributed by atoms with E-state index in [-0.39, 0.29) is 11.8 Å². The molecule has 0 N–H and O–H groups in total. The maximum absolute atomic E-state index is 12.1. The van der Waals surface area contributed by atoms with Crippen LogP contribution in [0.1, 0.15) is 44.2 Å². The Kier molecular flexibility index (Phi) is 5.53. The van der Waals surface area contributed by atoms with Crippen molar-refractivity contribution in [2.45, 2.75) is 33.7 Å². The lowest BCUT2D eigenvalue weighted by molar-refractivity contribution is 0.101. The van der Waals surface area contributed by atoms with E-state index in [1.54, 1.807) is 22.6 Å². The molecule has 0 aliphatic rings. The zero-order valence-corrected chi connectivity index (χ0v) is 12.3. The highest BCUT2D eigenvalue weighted by Crippen LogP contribution is 2.21. The molecule has 1 heterocycles. The molecule has 0 saturated carbocycles. The van der Waals surface area contributed by atoms with Gasteiger partial charge < -0.3 is 0 Å². The zero-order valence-electron chi connectivity index (χ0n) is 10.7. The third kappa shape index (κ3) is 4.03. The van der Waals surface area contributed by atoms with E-state index in [4.69, 9.17) is 11.6 Å². The summed E-state index contributed by atoms with van der Waals surface area (Å²) >= 11 is 7.66. The van der Waals surface area contributed by atoms with E-state index in [0.29, 0.717) is 22.4 Å². The molecule has 96 valence electrons. The Morgan fingerprint density at radius 3 is 2.65 bits per heavy atom. The van der Waals surface area contributed by atoms with Crippen LogP contribution in [0, 0.1) is 5.92 Å². The highest BCUT2D eigenvalue weighted by atomic mass is 35.5. The molecular formula is C12H19ClN2OS. The summed E-state index contributed by atoms with van der Waals surface area (Å²) in [7, 11) is 0. The Morgan fingerprint density at radius 1 is 1.47 bits per heavy atom. The molecule has 3 nitrogen and oxygen atoms in total. The molecule has 0 bridgehead atoms. The van der Waals surface area contributed by atoms with E-state index < -0.39 is 0 Å². The second kappa shape index (κ2) is 6.45. The van der Waals surface area contributed by atoms with Gasteiger partial charge in [0.1, 0.15) is 5.69 Å². The van der Waals surface area contributed by atoms with Crippen molar-refractivity contribution in [2.24, 2.45) is 5.92 Å². The number of rotatable bonds is 6. The number of ketones is 1. The first-order valence-corrected chi connectivity index (χ1v) is 7.30. The average Bonchev–Trinajstić information content (AvgIpc) is 2.59. The zero-order chi connectivity index (χ0) is 13.0. The van der Waals surface area contributed by atoms with Crippen molar-refractivity contribution >= 4 is 29.1 Å². The van der Waals surface area contributed by atoms with Crippen molar-refractivity contribution in [3.8, 4) is 0 Å². The average molecular weight is 275 g/mol. The molecular weight excluding hydrogens is 256 g/mol. The summed E-state index contributed by atoms with van der Waals surface area (Å²) in [5, 5.41) is 4.59. The van der Waals surface area contributed by atoms with Crippen molar-refractivity contribution in [3.63, 3.8) is 0 Å². The normalized spacial score (nSPS) is 11.5. The summed E-state index contributed by atoms with van der Waals surface area (Å²) in [5.74, 6) is 2.11. The molecule has 0 aliphatic carbocycles. The molecule has 0 aliphatic heterocycles. The lowest BCUT2D eigenvalue weighted by Crippen LogP contribution is -2.15. The highest BCUT2D eigenvalue weighted by Gasteiger charge is 2.18. The lowest BCUT2D eigenvalue weighted by Gasteiger charge is -2.10. The van der Waals surface area contributed by atoms with E-state index in [0.717, 1.165) is 5.75 Å². The molecule has 0 spiro atoms. The van der Waals surface area contributed by atoms with Gasteiger partial charge in [-0.25, -0.2) is 0 Å². The van der Waals surface area contributed by atoms with Gasteiger partial charge in [-0.2, -0.15) is 16.9 Å². The van der Waals surface area contributed by atoms with Gasteiger partial charge in [-0.3, -0.25) is 9.48 Å². The van der Waals surface area contributed by atoms with E-state index in [1.165, 1.54) is 0 Å². The Hall–Kier alpha value is -0.480. The number of halogens is 1. The Labute approximate surface area is 112 Å². The quantitative estimate of drug-likeness (QED) is 0.742. The monoisotopic (exact) mass is 274 g/mol. The van der Waals surface area contributed by atoms with E-state index in [2.05, 4.69) is 18.9 Å². The molecule has 0 saturated heterocycles. The van der Waals surface area contributed by atoms with Crippen molar-refractivity contribution in [2.75, 3.05) is 11.5 Å². The number of aromatic nitrogens is 2. The fourth-order valence-electron chi connectivity index (χ4n) is 1.45. The van der Waals surface area contributed by atoms with Crippen LogP contribution in [-0.2, 0) is 0 Å². The fraction of sp³-hybridized carbons (Fsp3) is 0.667. The molecule has 5 heteroatoms. The fourth-order valence-corrected chi connectivity index (χ4v) is 2.60. The van der Waals surface area contributed by atoms with Gasteiger partial charge in [-0.15, -0.1) is 0 Å². The van der Waals surface area contributed by atoms with E-state index >= 15 is 0 Å². The molecule has 1 aromatic rings. The third-order valence-corrected chi connectivity index (χ3v) is 3.83. The summed E-state index contributed by atoms with van der Waals surface area (Å²) in [6.45, 7) is 8.26. The van der Waals surface area contributed by atoms with E-state index in [9.17, 15) is 4.79 Å². The summed E-state index contributed by atoms with van der Waals surface area (Å²) < 4.78 is 1.70. The SMILES string of the molecule is CC(C)CSCC(=O)c1c(Cl)cnn1C(C)C. The molecule has 0 amide bonds. The van der Waals surface area contributed by atoms with Crippen LogP contribution in [0.25, 0.3) is 0 Å². The standard InChI is InChI=1S/C12H19ClN2OS/c1-8(2)6-17-7-11(16)12-10(13)5-14-15(12)9(3)4/h5,8-9H,6-7H2,1-4H3. The first-order chi connectivity index (χ1) is 7.93. The Balaban J connectivity index is 2.71. The van der Waals surface area contributed by atoms with Gasteiger partial charge in [0.15, 0.2) is 5.78 Å². The van der Waals surface area contributed by atoms with Gasteiger partial charge in [0.05, 0.1) is 17.0 Å². The molecule has 0 atom stereocenters. The van der Waals surface area contributed by atoms with Gasteiger partial charge in [-0.1, -0.05) is 25.4 Å². The van der Waals surface area contributed by atoms with Gasteiger partial charge in [-0.05, 0) is 25.5 Å². The van der Waals surface area contributed by atoms with Crippen LogP contribution in [0.2, 0.25) is 5.02 Å². The van der Waals surface area contributed by atoms with Crippen LogP contribution in [0.4, 0.5) is 0 Å². The number of carbonyl (C=O) groups is 1. The smallest absolute Gasteiger partial charge is 0.192 e. The van der Waals surface area contributed by atoms with Crippen molar-refractivity contribution in [1.29, 1.82) is 0 Å². The third-order valence-electron chi connectivity index (χ3n) is 2.19. The van der Waals surface area contributed by atoms with Gasteiger partial charge in [0, 0.05) is 6.04 Å². The lowest BCUT2D eigenvalue weighted by atomic mass is 10.3. The molecule has 1 aromatic heterocycles. The number of thioether (sulfide) groups is 1. The molecule has 0 aromatic carbocycles. The van der Waals surface area contributed by atoms with Crippen molar-refractivity contribution in [1.82, 2.24) is 9.78 Å². The van der Waals surface area contributed by atoms with Crippen LogP contribution in [-0.4, -0.2) is 27.1 Å². The largest absolute Gasteiger partial charge is 0.291 e. The highest BCUT2D eigenvalue weighted by molar-refractivity contribution is 7.99. The second-order valence-electron chi connectivity index (χ2n) is 4.71. The molecule has 0 fully saturated rings. The molecule has 1 rings (SSSR count). The Morgan fingerprint density at radius 2 is 2.12 bits per heavy atom. The number of nitrogens with zero attached hydrogens (tertiary/aromatic N) is 2. The van der Waals surface area contributed by atoms with Crippen LogP contribution in [0.5, 0.6) is 0 Å². The van der Waals surface area contributed by atoms with Crippen LogP contribution >= 0.6 is 23.4 Å². The van der Waals surface area contributed by atoms with Gasteiger partial charge >= 0.3 is 0 Å². The first kappa shape index (κ1) is 14.6. The number of Topliss-reactive ketones (excluding diaryl/α,β-unsaturated/α-hetero) is 1. The number of carbonyl (C=O) groups excluding carboxylic acids is 1. The minimum absolute atomic E-state index is 0.0619. The number of hydrogen-bond acceptors (Lipinski definition) is 3. The maximum atomic E-state index is 12.1. The molecule has 0 unspecified atom stereocenters. The predicted molar refractivity (Wildman–Crippen MR) is 74.1 cm³/mol. The topological polar surface area (TPSA) is 34.9 Å². The first-order valence-electron chi connectivity index (χ1n) is 5.77. The summed E-state index contributed by atoms with van der Waals surface area (Å²) in [6, 6.07) is 0.150. The minimum Gasteiger partial charge on any atom is -0.291 e. The maximum Gasteiger partial charge on any atom is 0.192 e. The second-order valence-corrected chi connectivity index (χ2v) is 6.15. The molecule has 0 radical (unpaired) electrons. The van der Waals surface area contributed by atoms with Gasteiger partial charge in [0.2, 0.25) is 0 Å². The minimum atomic E-state index is 0.0619. The summed E-state index contributed by atoms with van der Waals surface area (Å²) in [4.78, 5) is 12.1. The summed E-state index contributed by atoms with van der Waals surface area (Å²) in [6.07, 6.45) is 1.54. The van der Waals surface area contributed by atoms with Crippen LogP contribution in [0.3, 0.4) is 0 Å². The molecule has 17 heavy (non-hydrogen) atoms. The van der Waals surface area contributed by atoms with Gasteiger partial charge in [0.25, 0.3) is 0 Å².